The summed E-state index contributed by atoms with van der Waals surface area (Å²) >= 11 is 0. The first-order valence-electron chi connectivity index (χ1n) is 9.51. The molecule has 28 heavy (non-hydrogen) atoms. The van der Waals surface area contributed by atoms with Gasteiger partial charge < -0.3 is 15.0 Å². The maximum absolute atomic E-state index is 12.4. The molecule has 0 spiro atoms. The zero-order chi connectivity index (χ0) is 19.3. The standard InChI is InChI=1S/C22H23N3O3/c26-21(23-9-10-25-11-13-28-14-12-25)19-7-8-20(24-22(19)27)18-6-5-16-3-1-2-4-17(16)15-18/h1-8,15H,9-14H2,(H,23,26)(H,24,27). The van der Waals surface area contributed by atoms with Gasteiger partial charge in [-0.2, -0.15) is 0 Å². The summed E-state index contributed by atoms with van der Waals surface area (Å²) in [6.45, 7) is 4.45. The van der Waals surface area contributed by atoms with Gasteiger partial charge in [0, 0.05) is 31.9 Å². The van der Waals surface area contributed by atoms with E-state index in [1.54, 1.807) is 12.1 Å². The molecule has 0 atom stereocenters. The van der Waals surface area contributed by atoms with Crippen LogP contribution in [0.4, 0.5) is 0 Å². The molecule has 2 N–H and O–H groups in total. The summed E-state index contributed by atoms with van der Waals surface area (Å²) in [5.41, 5.74) is 1.36. The van der Waals surface area contributed by atoms with Gasteiger partial charge in [0.1, 0.15) is 5.56 Å². The third kappa shape index (κ3) is 4.13. The topological polar surface area (TPSA) is 74.4 Å². The molecule has 2 aromatic carbocycles. The van der Waals surface area contributed by atoms with Crippen LogP contribution in [0.25, 0.3) is 22.0 Å². The third-order valence-corrected chi connectivity index (χ3v) is 5.03. The van der Waals surface area contributed by atoms with Crippen molar-refractivity contribution in [3.63, 3.8) is 0 Å². The van der Waals surface area contributed by atoms with Gasteiger partial charge >= 0.3 is 0 Å². The van der Waals surface area contributed by atoms with Gasteiger partial charge in [-0.1, -0.05) is 36.4 Å². The molecule has 1 aliphatic rings. The predicted octanol–water partition coefficient (Wildman–Crippen LogP) is 2.26. The van der Waals surface area contributed by atoms with Crippen LogP contribution in [0.2, 0.25) is 0 Å². The van der Waals surface area contributed by atoms with Gasteiger partial charge in [0.15, 0.2) is 0 Å². The first kappa shape index (κ1) is 18.4. The lowest BCUT2D eigenvalue weighted by molar-refractivity contribution is 0.0383. The number of carbonyl (C=O) groups excluding carboxylic acids is 1. The number of ether oxygens (including phenoxy) is 1. The lowest BCUT2D eigenvalue weighted by Crippen LogP contribution is -2.42. The highest BCUT2D eigenvalue weighted by molar-refractivity contribution is 5.94. The number of hydrogen-bond acceptors (Lipinski definition) is 4. The molecule has 6 heteroatoms. The molecule has 0 aliphatic carbocycles. The number of rotatable bonds is 5. The number of benzene rings is 2. The normalized spacial score (nSPS) is 14.9. The third-order valence-electron chi connectivity index (χ3n) is 5.03. The molecule has 1 aliphatic heterocycles. The summed E-state index contributed by atoms with van der Waals surface area (Å²) in [6, 6.07) is 17.5. The Hall–Kier alpha value is -2.96. The Bertz CT molecular complexity index is 1040. The van der Waals surface area contributed by atoms with E-state index in [1.165, 1.54) is 0 Å². The number of nitrogens with zero attached hydrogens (tertiary/aromatic N) is 1. The first-order valence-corrected chi connectivity index (χ1v) is 9.51. The van der Waals surface area contributed by atoms with Crippen LogP contribution in [0.3, 0.4) is 0 Å². The number of aromatic nitrogens is 1. The molecule has 0 radical (unpaired) electrons. The highest BCUT2D eigenvalue weighted by atomic mass is 16.5. The SMILES string of the molecule is O=C(NCCN1CCOCC1)c1ccc(-c2ccc3ccccc3c2)[nH]c1=O. The summed E-state index contributed by atoms with van der Waals surface area (Å²) in [7, 11) is 0. The van der Waals surface area contributed by atoms with Crippen molar-refractivity contribution in [1.82, 2.24) is 15.2 Å². The van der Waals surface area contributed by atoms with Crippen LogP contribution in [0.15, 0.2) is 59.4 Å². The van der Waals surface area contributed by atoms with Crippen LogP contribution in [0, 0.1) is 0 Å². The Balaban J connectivity index is 1.44. The fraction of sp³-hybridized carbons (Fsp3) is 0.273. The number of pyridine rings is 1. The summed E-state index contributed by atoms with van der Waals surface area (Å²) in [5, 5.41) is 5.08. The van der Waals surface area contributed by atoms with Gasteiger partial charge in [-0.3, -0.25) is 14.5 Å². The van der Waals surface area contributed by atoms with Crippen molar-refractivity contribution >= 4 is 16.7 Å². The first-order chi connectivity index (χ1) is 13.7. The number of amides is 1. The largest absolute Gasteiger partial charge is 0.379 e. The number of carbonyl (C=O) groups is 1. The fourth-order valence-electron chi connectivity index (χ4n) is 3.43. The number of nitrogens with one attached hydrogen (secondary N) is 2. The Labute approximate surface area is 163 Å². The molecule has 1 saturated heterocycles. The van der Waals surface area contributed by atoms with Gasteiger partial charge in [0.2, 0.25) is 0 Å². The van der Waals surface area contributed by atoms with E-state index in [9.17, 15) is 9.59 Å². The van der Waals surface area contributed by atoms with Crippen molar-refractivity contribution < 1.29 is 9.53 Å². The van der Waals surface area contributed by atoms with Crippen molar-refractivity contribution in [3.05, 3.63) is 70.5 Å². The molecule has 0 unspecified atom stereocenters. The fourth-order valence-corrected chi connectivity index (χ4v) is 3.43. The van der Waals surface area contributed by atoms with Gasteiger partial charge in [-0.15, -0.1) is 0 Å². The lowest BCUT2D eigenvalue weighted by Gasteiger charge is -2.26. The molecular formula is C22H23N3O3. The summed E-state index contributed by atoms with van der Waals surface area (Å²) < 4.78 is 5.31. The highest BCUT2D eigenvalue weighted by Gasteiger charge is 2.13. The van der Waals surface area contributed by atoms with Crippen LogP contribution in [0.5, 0.6) is 0 Å². The van der Waals surface area contributed by atoms with Gasteiger partial charge in [-0.05, 0) is 34.5 Å². The molecule has 1 aromatic heterocycles. The number of fused-ring (bicyclic) bond motifs is 1. The van der Waals surface area contributed by atoms with E-state index in [1.807, 2.05) is 42.5 Å². The monoisotopic (exact) mass is 377 g/mol. The zero-order valence-corrected chi connectivity index (χ0v) is 15.6. The molecule has 144 valence electrons. The van der Waals surface area contributed by atoms with E-state index in [-0.39, 0.29) is 17.0 Å². The molecule has 2 heterocycles. The van der Waals surface area contributed by atoms with Gasteiger partial charge in [-0.25, -0.2) is 0 Å². The molecule has 0 bridgehead atoms. The molecule has 1 amide bonds. The predicted molar refractivity (Wildman–Crippen MR) is 110 cm³/mol. The van der Waals surface area contributed by atoms with Crippen LogP contribution in [-0.4, -0.2) is 55.2 Å². The van der Waals surface area contributed by atoms with E-state index in [4.69, 9.17) is 4.74 Å². The minimum atomic E-state index is -0.380. The minimum Gasteiger partial charge on any atom is -0.379 e. The number of morpholine rings is 1. The van der Waals surface area contributed by atoms with Crippen molar-refractivity contribution in [3.8, 4) is 11.3 Å². The molecule has 6 nitrogen and oxygen atoms in total. The summed E-state index contributed by atoms with van der Waals surface area (Å²) in [4.78, 5) is 29.9. The van der Waals surface area contributed by atoms with Gasteiger partial charge in [0.05, 0.1) is 13.2 Å². The summed E-state index contributed by atoms with van der Waals surface area (Å²) in [6.07, 6.45) is 0. The van der Waals surface area contributed by atoms with Crippen molar-refractivity contribution in [2.24, 2.45) is 0 Å². The van der Waals surface area contributed by atoms with Crippen molar-refractivity contribution in [1.29, 1.82) is 0 Å². The maximum atomic E-state index is 12.4. The second-order valence-electron chi connectivity index (χ2n) is 6.89. The summed E-state index contributed by atoms with van der Waals surface area (Å²) in [5.74, 6) is -0.348. The van der Waals surface area contributed by atoms with Crippen LogP contribution < -0.4 is 10.9 Å². The van der Waals surface area contributed by atoms with E-state index < -0.39 is 0 Å². The second-order valence-corrected chi connectivity index (χ2v) is 6.89. The molecule has 0 saturated carbocycles. The average Bonchev–Trinajstić information content (AvgIpc) is 2.74. The zero-order valence-electron chi connectivity index (χ0n) is 15.6. The minimum absolute atomic E-state index is 0.131. The van der Waals surface area contributed by atoms with Crippen LogP contribution in [0.1, 0.15) is 10.4 Å². The number of H-pyrrole nitrogens is 1. The Morgan fingerprint density at radius 2 is 1.82 bits per heavy atom. The average molecular weight is 377 g/mol. The number of aromatic amines is 1. The Morgan fingerprint density at radius 1 is 1.04 bits per heavy atom. The second kappa shape index (κ2) is 8.37. The number of hydrogen-bond donors (Lipinski definition) is 2. The van der Waals surface area contributed by atoms with Crippen molar-refractivity contribution in [2.45, 2.75) is 0 Å². The lowest BCUT2D eigenvalue weighted by atomic mass is 10.0. The van der Waals surface area contributed by atoms with E-state index in [0.717, 1.165) is 49.2 Å². The highest BCUT2D eigenvalue weighted by Crippen LogP contribution is 2.22. The van der Waals surface area contributed by atoms with E-state index >= 15 is 0 Å². The van der Waals surface area contributed by atoms with Crippen molar-refractivity contribution in [2.75, 3.05) is 39.4 Å². The van der Waals surface area contributed by atoms with Crippen LogP contribution in [-0.2, 0) is 4.74 Å². The Kier molecular flexibility index (Phi) is 5.50. The van der Waals surface area contributed by atoms with E-state index in [0.29, 0.717) is 12.2 Å². The molecular weight excluding hydrogens is 354 g/mol. The Morgan fingerprint density at radius 3 is 2.61 bits per heavy atom. The smallest absolute Gasteiger partial charge is 0.261 e. The van der Waals surface area contributed by atoms with Crippen LogP contribution >= 0.6 is 0 Å². The van der Waals surface area contributed by atoms with E-state index in [2.05, 4.69) is 15.2 Å². The molecule has 1 fully saturated rings. The molecule has 4 rings (SSSR count). The maximum Gasteiger partial charge on any atom is 0.261 e. The molecule has 3 aromatic rings. The van der Waals surface area contributed by atoms with Gasteiger partial charge in [0.25, 0.3) is 11.5 Å². The quantitative estimate of drug-likeness (QED) is 0.715.